The van der Waals surface area contributed by atoms with E-state index in [9.17, 15) is 14.5 Å². The van der Waals surface area contributed by atoms with Crippen molar-refractivity contribution in [3.63, 3.8) is 0 Å². The van der Waals surface area contributed by atoms with Crippen LogP contribution in [0.5, 0.6) is 11.5 Å². The molecule has 0 unspecified atom stereocenters. The van der Waals surface area contributed by atoms with Crippen LogP contribution >= 0.6 is 35.0 Å². The number of hydrogen-bond donors (Lipinski definition) is 0. The van der Waals surface area contributed by atoms with Crippen molar-refractivity contribution in [1.82, 2.24) is 14.8 Å². The predicted octanol–water partition coefficient (Wildman–Crippen LogP) is 6.72. The number of nitro groups is 1. The van der Waals surface area contributed by atoms with Crippen LogP contribution in [0.1, 0.15) is 22.2 Å². The van der Waals surface area contributed by atoms with Gasteiger partial charge in [0, 0.05) is 10.6 Å². The molecule has 0 bridgehead atoms. The highest BCUT2D eigenvalue weighted by atomic mass is 35.5. The van der Waals surface area contributed by atoms with Gasteiger partial charge < -0.3 is 9.47 Å². The molecule has 1 heterocycles. The van der Waals surface area contributed by atoms with E-state index < -0.39 is 5.25 Å². The minimum Gasteiger partial charge on any atom is -0.493 e. The summed E-state index contributed by atoms with van der Waals surface area (Å²) in [7, 11) is 1.50. The van der Waals surface area contributed by atoms with Crippen LogP contribution in [0.3, 0.4) is 0 Å². The van der Waals surface area contributed by atoms with Crippen LogP contribution in [0.15, 0.2) is 65.8 Å². The Hall–Kier alpha value is -3.34. The molecule has 12 heteroatoms. The van der Waals surface area contributed by atoms with Gasteiger partial charge in [-0.25, -0.2) is 4.39 Å². The van der Waals surface area contributed by atoms with Crippen molar-refractivity contribution in [3.8, 4) is 17.2 Å². The van der Waals surface area contributed by atoms with E-state index in [4.69, 9.17) is 32.7 Å². The highest BCUT2D eigenvalue weighted by molar-refractivity contribution is 7.99. The number of thioether (sulfide) groups is 1. The summed E-state index contributed by atoms with van der Waals surface area (Å²) in [6.07, 6.45) is 0. The van der Waals surface area contributed by atoms with E-state index in [0.717, 1.165) is 5.56 Å². The Bertz CT molecular complexity index is 1420. The lowest BCUT2D eigenvalue weighted by atomic mass is 10.1. The number of aryl methyl sites for hydroxylation is 1. The zero-order valence-electron chi connectivity index (χ0n) is 19.7. The van der Waals surface area contributed by atoms with Crippen LogP contribution in [-0.2, 0) is 6.61 Å². The van der Waals surface area contributed by atoms with E-state index in [2.05, 4.69) is 10.2 Å². The fourth-order valence-electron chi connectivity index (χ4n) is 3.57. The highest BCUT2D eigenvalue weighted by Gasteiger charge is 2.25. The summed E-state index contributed by atoms with van der Waals surface area (Å²) in [6.45, 7) is 1.61. The van der Waals surface area contributed by atoms with Crippen molar-refractivity contribution in [2.24, 2.45) is 0 Å². The third-order valence-corrected chi connectivity index (χ3v) is 7.30. The number of benzene rings is 3. The van der Waals surface area contributed by atoms with Crippen molar-refractivity contribution in [3.05, 3.63) is 104 Å². The predicted molar refractivity (Wildman–Crippen MR) is 140 cm³/mol. The standard InChI is InChI=1S/C25H21Cl2FN4O4S/c1-15-29-30-25(32(15)19-7-5-18(28)6-8-19)37-24(13-31(33)34)17-4-10-22(23(12-17)35-2)36-14-16-3-9-20(26)21(27)11-16/h3-12,24H,13-14H2,1-2H3/t24-/m0/s1. The molecule has 1 aromatic heterocycles. The fourth-order valence-corrected chi connectivity index (χ4v) is 5.06. The van der Waals surface area contributed by atoms with E-state index in [1.165, 1.54) is 31.0 Å². The quantitative estimate of drug-likeness (QED) is 0.120. The maximum Gasteiger partial charge on any atom is 0.220 e. The summed E-state index contributed by atoms with van der Waals surface area (Å²) >= 11 is 13.2. The van der Waals surface area contributed by atoms with Gasteiger partial charge in [0.1, 0.15) is 23.5 Å². The third-order valence-electron chi connectivity index (χ3n) is 5.38. The zero-order valence-corrected chi connectivity index (χ0v) is 22.1. The second-order valence-corrected chi connectivity index (χ2v) is 9.90. The number of hydrogen-bond acceptors (Lipinski definition) is 7. The van der Waals surface area contributed by atoms with Gasteiger partial charge in [0.15, 0.2) is 16.7 Å². The lowest BCUT2D eigenvalue weighted by Crippen LogP contribution is -2.11. The smallest absolute Gasteiger partial charge is 0.220 e. The molecule has 192 valence electrons. The topological polar surface area (TPSA) is 92.3 Å². The third kappa shape index (κ3) is 6.51. The van der Waals surface area contributed by atoms with E-state index in [0.29, 0.717) is 43.8 Å². The van der Waals surface area contributed by atoms with Gasteiger partial charge in [-0.3, -0.25) is 14.7 Å². The SMILES string of the molecule is COc1cc([C@H](C[N+](=O)[O-])Sc2nnc(C)n2-c2ccc(F)cc2)ccc1OCc1ccc(Cl)c(Cl)c1. The van der Waals surface area contributed by atoms with Crippen molar-refractivity contribution in [2.75, 3.05) is 13.7 Å². The molecule has 3 aromatic carbocycles. The zero-order chi connectivity index (χ0) is 26.5. The summed E-state index contributed by atoms with van der Waals surface area (Å²) in [4.78, 5) is 11.2. The van der Waals surface area contributed by atoms with Crippen molar-refractivity contribution in [2.45, 2.75) is 23.9 Å². The van der Waals surface area contributed by atoms with Crippen molar-refractivity contribution >= 4 is 35.0 Å². The summed E-state index contributed by atoms with van der Waals surface area (Å²) in [5.74, 6) is 1.08. The molecule has 0 fully saturated rings. The lowest BCUT2D eigenvalue weighted by Gasteiger charge is -2.17. The number of aromatic nitrogens is 3. The van der Waals surface area contributed by atoms with Gasteiger partial charge in [-0.2, -0.15) is 0 Å². The molecular formula is C25H21Cl2FN4O4S. The normalized spacial score (nSPS) is 11.8. The van der Waals surface area contributed by atoms with E-state index in [-0.39, 0.29) is 23.9 Å². The van der Waals surface area contributed by atoms with Gasteiger partial charge in [-0.05, 0) is 66.6 Å². The Morgan fingerprint density at radius 2 is 1.81 bits per heavy atom. The molecule has 0 aliphatic heterocycles. The summed E-state index contributed by atoms with van der Waals surface area (Å²) < 4.78 is 26.6. The fraction of sp³-hybridized carbons (Fsp3) is 0.200. The first-order valence-electron chi connectivity index (χ1n) is 11.0. The van der Waals surface area contributed by atoms with Crippen LogP contribution in [0.2, 0.25) is 10.0 Å². The number of ether oxygens (including phenoxy) is 2. The monoisotopic (exact) mass is 562 g/mol. The van der Waals surface area contributed by atoms with Gasteiger partial charge >= 0.3 is 0 Å². The Balaban J connectivity index is 1.59. The minimum atomic E-state index is -0.615. The molecule has 4 aromatic rings. The molecule has 0 spiro atoms. The van der Waals surface area contributed by atoms with E-state index in [1.807, 2.05) is 0 Å². The molecule has 8 nitrogen and oxygen atoms in total. The number of nitrogens with zero attached hydrogens (tertiary/aromatic N) is 4. The summed E-state index contributed by atoms with van der Waals surface area (Å²) in [5, 5.41) is 20.6. The molecule has 0 amide bonds. The molecule has 0 saturated heterocycles. The average Bonchev–Trinajstić information content (AvgIpc) is 3.24. The first-order chi connectivity index (χ1) is 17.7. The van der Waals surface area contributed by atoms with Crippen molar-refractivity contribution < 1.29 is 18.8 Å². The minimum absolute atomic E-state index is 0.222. The van der Waals surface area contributed by atoms with Gasteiger partial charge in [-0.1, -0.05) is 47.1 Å². The van der Waals surface area contributed by atoms with Crippen molar-refractivity contribution in [1.29, 1.82) is 0 Å². The molecular weight excluding hydrogens is 542 g/mol. The molecule has 0 radical (unpaired) electrons. The van der Waals surface area contributed by atoms with Crippen LogP contribution in [-0.4, -0.2) is 33.3 Å². The first-order valence-corrected chi connectivity index (χ1v) is 12.6. The largest absolute Gasteiger partial charge is 0.493 e. The maximum absolute atomic E-state index is 13.4. The first kappa shape index (κ1) is 26.7. The Kier molecular flexibility index (Phi) is 8.52. The van der Waals surface area contributed by atoms with Crippen LogP contribution < -0.4 is 9.47 Å². The molecule has 0 aliphatic carbocycles. The van der Waals surface area contributed by atoms with Crippen LogP contribution in [0.25, 0.3) is 5.69 Å². The second kappa shape index (κ2) is 11.8. The van der Waals surface area contributed by atoms with Gasteiger partial charge in [0.2, 0.25) is 6.54 Å². The number of rotatable bonds is 10. The second-order valence-electron chi connectivity index (χ2n) is 7.91. The molecule has 37 heavy (non-hydrogen) atoms. The van der Waals surface area contributed by atoms with E-state index >= 15 is 0 Å². The highest BCUT2D eigenvalue weighted by Crippen LogP contribution is 2.39. The van der Waals surface area contributed by atoms with Gasteiger partial charge in [-0.15, -0.1) is 10.2 Å². The van der Waals surface area contributed by atoms with Crippen LogP contribution in [0, 0.1) is 22.9 Å². The Morgan fingerprint density at radius 3 is 2.49 bits per heavy atom. The molecule has 0 N–H and O–H groups in total. The average molecular weight is 563 g/mol. The number of halogens is 3. The summed E-state index contributed by atoms with van der Waals surface area (Å²) in [5.41, 5.74) is 2.11. The molecule has 0 saturated carbocycles. The molecule has 0 aliphatic rings. The maximum atomic E-state index is 13.4. The Labute approximate surface area is 226 Å². The molecule has 1 atom stereocenters. The van der Waals surface area contributed by atoms with E-state index in [1.54, 1.807) is 60.0 Å². The van der Waals surface area contributed by atoms with Crippen LogP contribution in [0.4, 0.5) is 4.39 Å². The lowest BCUT2D eigenvalue weighted by molar-refractivity contribution is -0.479. The van der Waals surface area contributed by atoms with Gasteiger partial charge in [0.05, 0.1) is 17.2 Å². The molecule has 4 rings (SSSR count). The van der Waals surface area contributed by atoms with Gasteiger partial charge in [0.25, 0.3) is 0 Å². The Morgan fingerprint density at radius 1 is 1.05 bits per heavy atom. The number of methoxy groups -OCH3 is 1. The summed E-state index contributed by atoms with van der Waals surface area (Å²) in [6, 6.07) is 16.2.